The van der Waals surface area contributed by atoms with E-state index in [-0.39, 0.29) is 0 Å². The van der Waals surface area contributed by atoms with Crippen LogP contribution in [0.3, 0.4) is 0 Å². The molecule has 8 aromatic rings. The van der Waals surface area contributed by atoms with Crippen LogP contribution in [0.2, 0.25) is 0 Å². The lowest BCUT2D eigenvalue weighted by atomic mass is 9.91. The fraction of sp³-hybridized carbons (Fsp3) is 0.0984. The maximum absolute atomic E-state index is 3.29. The molecule has 0 amide bonds. The molecule has 11 rings (SSSR count). The Bertz CT molecular complexity index is 3180. The maximum Gasteiger partial charge on any atom is 0.0361 e. The molecule has 64 heavy (non-hydrogen) atoms. The first kappa shape index (κ1) is 44.3. The lowest BCUT2D eigenvalue weighted by Gasteiger charge is -2.13. The van der Waals surface area contributed by atoms with Gasteiger partial charge in [0.2, 0.25) is 0 Å². The average molecular weight is 881 g/mol. The third-order valence-electron chi connectivity index (χ3n) is 12.0. The molecule has 0 nitrogen and oxygen atoms in total. The van der Waals surface area contributed by atoms with E-state index >= 15 is 0 Å². The summed E-state index contributed by atoms with van der Waals surface area (Å²) in [4.78, 5) is 0. The molecule has 1 aromatic heterocycles. The molecule has 0 spiro atoms. The molecule has 0 bridgehead atoms. The van der Waals surface area contributed by atoms with Crippen molar-refractivity contribution in [3.63, 3.8) is 0 Å². The van der Waals surface area contributed by atoms with E-state index in [1.165, 1.54) is 109 Å². The summed E-state index contributed by atoms with van der Waals surface area (Å²) in [6, 6.07) is 54.6. The minimum Gasteiger partial charge on any atom is -0.135 e. The van der Waals surface area contributed by atoms with Crippen LogP contribution in [-0.4, -0.2) is 0 Å². The fourth-order valence-corrected chi connectivity index (χ4v) is 10.0. The summed E-state index contributed by atoms with van der Waals surface area (Å²) in [5, 5.41) is 2.67. The predicted molar refractivity (Wildman–Crippen MR) is 290 cm³/mol. The zero-order valence-electron chi connectivity index (χ0n) is 36.8. The Balaban J connectivity index is 0.000000420. The van der Waals surface area contributed by atoms with Crippen LogP contribution >= 0.6 is 34.7 Å². The summed E-state index contributed by atoms with van der Waals surface area (Å²) < 4.78 is 2.68. The number of rotatable bonds is 5. The van der Waals surface area contributed by atoms with E-state index in [4.69, 9.17) is 0 Å². The molecule has 1 heterocycles. The average Bonchev–Trinajstić information content (AvgIpc) is 3.97. The van der Waals surface area contributed by atoms with Crippen LogP contribution in [0.5, 0.6) is 0 Å². The number of hydrogen-bond donors (Lipinski definition) is 2. The number of thiol groups is 2. The molecule has 3 heteroatoms. The predicted octanol–water partition coefficient (Wildman–Crippen LogP) is 18.4. The highest BCUT2D eigenvalue weighted by Crippen LogP contribution is 2.44. The van der Waals surface area contributed by atoms with E-state index in [1.807, 2.05) is 81.6 Å². The van der Waals surface area contributed by atoms with E-state index in [9.17, 15) is 0 Å². The normalized spacial score (nSPS) is 13.0. The van der Waals surface area contributed by atoms with Crippen molar-refractivity contribution >= 4 is 60.4 Å². The molecule has 314 valence electrons. The molecule has 0 aliphatic heterocycles. The first-order valence-corrected chi connectivity index (χ1v) is 24.3. The quantitative estimate of drug-likeness (QED) is 0.0556. The molecule has 3 aliphatic rings. The zero-order valence-corrected chi connectivity index (χ0v) is 39.5. The number of hydrogen-bond acceptors (Lipinski definition) is 3. The van der Waals surface area contributed by atoms with Gasteiger partial charge in [-0.05, 0) is 154 Å². The van der Waals surface area contributed by atoms with Crippen molar-refractivity contribution in [1.82, 2.24) is 0 Å². The highest BCUT2D eigenvalue weighted by molar-refractivity contribution is 8.59. The van der Waals surface area contributed by atoms with Crippen LogP contribution in [0.25, 0.3) is 81.4 Å². The van der Waals surface area contributed by atoms with Gasteiger partial charge < -0.3 is 0 Å². The van der Waals surface area contributed by atoms with Gasteiger partial charge in [-0.25, -0.2) is 0 Å². The number of thiophene rings is 1. The monoisotopic (exact) mass is 880 g/mol. The molecule has 0 saturated carbocycles. The lowest BCUT2D eigenvalue weighted by molar-refractivity contribution is 1.25. The molecular formula is C61H52S3. The van der Waals surface area contributed by atoms with Gasteiger partial charge in [-0.1, -0.05) is 182 Å². The highest BCUT2D eigenvalue weighted by Gasteiger charge is 2.22. The number of allylic oxidation sites excluding steroid dienone is 11. The summed E-state index contributed by atoms with van der Waals surface area (Å²) in [6.45, 7) is 8.00. The van der Waals surface area contributed by atoms with Gasteiger partial charge in [-0.15, -0.1) is 40.4 Å². The lowest BCUT2D eigenvalue weighted by Crippen LogP contribution is -1.90. The van der Waals surface area contributed by atoms with Crippen LogP contribution in [0.15, 0.2) is 218 Å². The van der Waals surface area contributed by atoms with E-state index < -0.39 is 0 Å². The van der Waals surface area contributed by atoms with Gasteiger partial charge in [0.25, 0.3) is 0 Å². The minimum atomic E-state index is 0.952. The van der Waals surface area contributed by atoms with Gasteiger partial charge >= 0.3 is 0 Å². The second-order valence-electron chi connectivity index (χ2n) is 15.9. The topological polar surface area (TPSA) is 0 Å². The summed E-state index contributed by atoms with van der Waals surface area (Å²) in [7, 11) is 0. The van der Waals surface area contributed by atoms with Gasteiger partial charge in [0, 0.05) is 20.2 Å². The van der Waals surface area contributed by atoms with Crippen molar-refractivity contribution in [3.05, 3.63) is 240 Å². The summed E-state index contributed by atoms with van der Waals surface area (Å²) in [5.41, 5.74) is 24.5. The second kappa shape index (κ2) is 20.9. The standard InChI is InChI=1S/C51H32S.C6H10.C4H8.H2S2/c1-3-9-32(10-4-1)34-16-23-48-49-24-17-35(31-51(49)52-50(48)30-34)33-15-20-46-39(25-33)29-41-28-38(19-22-47(41)46)44-14-8-7-13-43(44)37-18-21-45-40(27-37)26-36-11-5-2-6-12-42(36)45;1-3-5-6-4-2;1-3-4-2;1-2/h1-4,6-25,27-28,30-31H,26,29H2;3-6H,1-2H3;3-4H,1-2H3;1-2H/b;5-3-,6-4-;4-3-;. The Kier molecular flexibility index (Phi) is 14.5. The van der Waals surface area contributed by atoms with Crippen LogP contribution in [-0.2, 0) is 12.8 Å². The van der Waals surface area contributed by atoms with Gasteiger partial charge in [0.1, 0.15) is 0 Å². The molecular weight excluding hydrogens is 829 g/mol. The number of fused-ring (bicyclic) bond motifs is 8. The third-order valence-corrected chi connectivity index (χ3v) is 13.1. The SMILES string of the molecule is C/C=C\C.C/C=C\C=C/C.C1=CC=CC2=C(C=1)Cc1cc(-c3ccccc3-c3ccc4c(c3)Cc3cc(-c5ccc6c(c5)sc5cc(-c7ccccc7)ccc56)ccc3-4)ccc12.SS. The van der Waals surface area contributed by atoms with Crippen LogP contribution in [0.1, 0.15) is 49.9 Å². The summed E-state index contributed by atoms with van der Waals surface area (Å²) in [6.07, 6.45) is 22.4. The van der Waals surface area contributed by atoms with Crippen molar-refractivity contribution in [3.8, 4) is 55.6 Å². The second-order valence-corrected chi connectivity index (χ2v) is 17.0. The molecule has 3 aliphatic carbocycles. The first-order chi connectivity index (χ1) is 31.6. The smallest absolute Gasteiger partial charge is 0.0361 e. The van der Waals surface area contributed by atoms with Crippen molar-refractivity contribution < 1.29 is 0 Å². The van der Waals surface area contributed by atoms with E-state index in [0.717, 1.165) is 12.8 Å². The molecule has 0 unspecified atom stereocenters. The third kappa shape index (κ3) is 9.32. The van der Waals surface area contributed by atoms with Gasteiger partial charge in [0.05, 0.1) is 0 Å². The van der Waals surface area contributed by atoms with Crippen LogP contribution in [0.4, 0.5) is 0 Å². The van der Waals surface area contributed by atoms with E-state index in [2.05, 4.69) is 193 Å². The van der Waals surface area contributed by atoms with Crippen LogP contribution in [0, 0.1) is 0 Å². The molecule has 0 N–H and O–H groups in total. The summed E-state index contributed by atoms with van der Waals surface area (Å²) >= 11 is 8.34. The fourth-order valence-electron chi connectivity index (χ4n) is 8.85. The van der Waals surface area contributed by atoms with Crippen molar-refractivity contribution in [2.75, 3.05) is 0 Å². The molecule has 0 fully saturated rings. The first-order valence-electron chi connectivity index (χ1n) is 21.9. The van der Waals surface area contributed by atoms with Gasteiger partial charge in [-0.2, -0.15) is 0 Å². The van der Waals surface area contributed by atoms with Crippen molar-refractivity contribution in [2.24, 2.45) is 0 Å². The van der Waals surface area contributed by atoms with Crippen molar-refractivity contribution in [2.45, 2.75) is 40.5 Å². The molecule has 7 aromatic carbocycles. The Morgan fingerprint density at radius 2 is 0.938 bits per heavy atom. The van der Waals surface area contributed by atoms with Gasteiger partial charge in [-0.3, -0.25) is 0 Å². The Morgan fingerprint density at radius 3 is 1.52 bits per heavy atom. The highest BCUT2D eigenvalue weighted by atomic mass is 33.1. The summed E-state index contributed by atoms with van der Waals surface area (Å²) in [5.74, 6) is 0. The maximum atomic E-state index is 3.29. The van der Waals surface area contributed by atoms with Gasteiger partial charge in [0.15, 0.2) is 0 Å². The number of benzene rings is 7. The largest absolute Gasteiger partial charge is 0.135 e. The van der Waals surface area contributed by atoms with Crippen molar-refractivity contribution in [1.29, 1.82) is 0 Å². The Morgan fingerprint density at radius 1 is 0.453 bits per heavy atom. The zero-order chi connectivity index (χ0) is 44.4. The molecule has 0 saturated heterocycles. The van der Waals surface area contributed by atoms with E-state index in [1.54, 1.807) is 0 Å². The molecule has 0 atom stereocenters. The molecule has 0 radical (unpaired) electrons. The Labute approximate surface area is 394 Å². The van der Waals surface area contributed by atoms with E-state index in [0.29, 0.717) is 0 Å². The van der Waals surface area contributed by atoms with Crippen LogP contribution < -0.4 is 0 Å². The minimum absolute atomic E-state index is 0.952. The Hall–Kier alpha value is -6.32.